The number of aromatic nitrogens is 3. The molecule has 4 N–H and O–H groups in total. The number of thioether (sulfide) groups is 2. The topological polar surface area (TPSA) is 256 Å². The minimum atomic E-state index is -1.30. The van der Waals surface area contributed by atoms with Crippen molar-refractivity contribution in [2.75, 3.05) is 17.2 Å². The number of carbonyl (C=O) groups excluding carboxylic acids is 5. The number of carboxylic acids is 1. The second-order valence-corrected chi connectivity index (χ2v) is 13.2. The van der Waals surface area contributed by atoms with E-state index >= 15 is 0 Å². The number of hydrogen-bond acceptors (Lipinski definition) is 18. The fourth-order valence-corrected chi connectivity index (χ4v) is 7.64. The number of rotatable bonds is 11. The van der Waals surface area contributed by atoms with Crippen LogP contribution in [0.3, 0.4) is 0 Å². The minimum absolute atomic E-state index is 0.144. The number of fused-ring (bicyclic) bond motifs is 1. The number of hydrogen-bond donors (Lipinski definition) is 3. The van der Waals surface area contributed by atoms with E-state index in [1.54, 1.807) is 6.92 Å². The molecule has 0 aliphatic carbocycles. The number of nitrogens with zero attached hydrogens (tertiary/aromatic N) is 5. The number of nitrogens with two attached hydrogens (primary N) is 1. The predicted octanol–water partition coefficient (Wildman–Crippen LogP) is 1.36. The lowest BCUT2D eigenvalue weighted by molar-refractivity contribution is -0.150. The van der Waals surface area contributed by atoms with Crippen LogP contribution >= 0.6 is 34.9 Å². The summed E-state index contributed by atoms with van der Waals surface area (Å²) in [5, 5.41) is 24.0. The number of benzene rings is 1. The van der Waals surface area contributed by atoms with E-state index in [-0.39, 0.29) is 46.0 Å². The van der Waals surface area contributed by atoms with Crippen LogP contribution in [0.25, 0.3) is 0 Å². The quantitative estimate of drug-likeness (QED) is 0.0481. The molecule has 2 aliphatic heterocycles. The van der Waals surface area contributed by atoms with Gasteiger partial charge in [0.2, 0.25) is 0 Å². The van der Waals surface area contributed by atoms with Gasteiger partial charge in [0.15, 0.2) is 21.6 Å². The van der Waals surface area contributed by atoms with Gasteiger partial charge in [0.05, 0.1) is 5.56 Å². The zero-order valence-corrected chi connectivity index (χ0v) is 27.4. The Morgan fingerprint density at radius 3 is 2.52 bits per heavy atom. The Morgan fingerprint density at radius 1 is 1.17 bits per heavy atom. The highest BCUT2D eigenvalue weighted by molar-refractivity contribution is 8.01. The van der Waals surface area contributed by atoms with Crippen molar-refractivity contribution < 1.29 is 52.6 Å². The van der Waals surface area contributed by atoms with Crippen LogP contribution in [-0.2, 0) is 28.8 Å². The lowest BCUT2D eigenvalue weighted by atomic mass is 10.0. The molecule has 2 atom stereocenters. The largest absolute Gasteiger partial charge is 0.477 e. The number of nitrogens with one attached hydrogen (secondary N) is 1. The van der Waals surface area contributed by atoms with Gasteiger partial charge in [0, 0.05) is 25.4 Å². The first kappa shape index (κ1) is 34.1. The summed E-state index contributed by atoms with van der Waals surface area (Å²) in [4.78, 5) is 84.5. The predicted molar refractivity (Wildman–Crippen MR) is 167 cm³/mol. The molecule has 0 saturated carbocycles. The van der Waals surface area contributed by atoms with Crippen molar-refractivity contribution in [1.82, 2.24) is 25.4 Å². The SMILES string of the molecule is CC(=O)Oc1ccc(C(=O)O/N=C(\C(=O)N[C@@H]2C(=O)N3C(C(=O)O)=C(CSc4nnc(C)s4)CS[C@H]23)c2coc(N)n2)cc1OC(C)=O. The number of carbonyl (C=O) groups is 6. The molecule has 0 unspecified atom stereocenters. The lowest BCUT2D eigenvalue weighted by Crippen LogP contribution is -2.71. The van der Waals surface area contributed by atoms with E-state index in [4.69, 9.17) is 24.5 Å². The summed E-state index contributed by atoms with van der Waals surface area (Å²) in [5.41, 5.74) is 4.81. The first-order chi connectivity index (χ1) is 22.8. The summed E-state index contributed by atoms with van der Waals surface area (Å²) in [5.74, 6) is -5.48. The van der Waals surface area contributed by atoms with Gasteiger partial charge in [-0.25, -0.2) is 9.59 Å². The number of nitrogen functional groups attached to an aromatic ring is 1. The Labute approximate surface area is 282 Å². The number of amides is 2. The van der Waals surface area contributed by atoms with E-state index in [9.17, 15) is 33.9 Å². The number of esters is 2. The fourth-order valence-electron chi connectivity index (χ4n) is 4.34. The van der Waals surface area contributed by atoms with Gasteiger partial charge in [-0.05, 0) is 30.7 Å². The summed E-state index contributed by atoms with van der Waals surface area (Å²) >= 11 is 3.91. The first-order valence-electron chi connectivity index (χ1n) is 13.5. The molecule has 1 aromatic carbocycles. The Hall–Kier alpha value is -5.28. The summed E-state index contributed by atoms with van der Waals surface area (Å²) in [7, 11) is 0. The fraction of sp³-hybridized carbons (Fsp3) is 0.259. The molecule has 2 amide bonds. The average Bonchev–Trinajstić information content (AvgIpc) is 3.65. The molecule has 48 heavy (non-hydrogen) atoms. The van der Waals surface area contributed by atoms with Crippen molar-refractivity contribution in [3.05, 3.63) is 52.0 Å². The maximum atomic E-state index is 13.4. The van der Waals surface area contributed by atoms with E-state index in [1.807, 2.05) is 0 Å². The standard InChI is InChI=1S/C27H23N7O11S3/c1-10-31-32-27(48-10)47-9-14-8-46-23-19(22(38)34(23)20(14)24(39)40)30-21(37)18(15-7-42-26(28)29-15)33-45-25(41)13-4-5-16(43-11(2)35)17(6-13)44-12(3)36/h4-7,19,23H,8-9H2,1-3H3,(H2,28,29)(H,30,37)(H,39,40)/b33-18-/t19-,23-/m1/s1. The van der Waals surface area contributed by atoms with E-state index in [0.29, 0.717) is 9.91 Å². The van der Waals surface area contributed by atoms with Gasteiger partial charge in [-0.1, -0.05) is 28.3 Å². The number of anilines is 1. The molecule has 0 spiro atoms. The van der Waals surface area contributed by atoms with Crippen LogP contribution < -0.4 is 20.5 Å². The van der Waals surface area contributed by atoms with Crippen LogP contribution in [0.15, 0.2) is 49.6 Å². The summed E-state index contributed by atoms with van der Waals surface area (Å²) in [6.07, 6.45) is 0.965. The molecule has 1 saturated heterocycles. The number of ether oxygens (including phenoxy) is 2. The molecule has 1 fully saturated rings. The molecule has 21 heteroatoms. The molecular weight excluding hydrogens is 695 g/mol. The molecular formula is C27H23N7O11S3. The average molecular weight is 718 g/mol. The highest BCUT2D eigenvalue weighted by atomic mass is 32.2. The van der Waals surface area contributed by atoms with Crippen molar-refractivity contribution in [2.24, 2.45) is 5.16 Å². The molecule has 250 valence electrons. The molecule has 2 aliphatic rings. The Morgan fingerprint density at radius 2 is 1.90 bits per heavy atom. The van der Waals surface area contributed by atoms with Crippen LogP contribution in [0.5, 0.6) is 11.5 Å². The van der Waals surface area contributed by atoms with E-state index in [1.165, 1.54) is 47.0 Å². The van der Waals surface area contributed by atoms with Crippen molar-refractivity contribution in [3.8, 4) is 11.5 Å². The molecule has 18 nitrogen and oxygen atoms in total. The maximum absolute atomic E-state index is 13.4. The zero-order chi connectivity index (χ0) is 34.7. The smallest absolute Gasteiger partial charge is 0.365 e. The molecule has 0 radical (unpaired) electrons. The third kappa shape index (κ3) is 7.47. The Balaban J connectivity index is 1.33. The third-order valence-electron chi connectivity index (χ3n) is 6.30. The molecule has 5 rings (SSSR count). The third-order valence-corrected chi connectivity index (χ3v) is 9.70. The van der Waals surface area contributed by atoms with Gasteiger partial charge in [-0.2, -0.15) is 4.98 Å². The Kier molecular flexibility index (Phi) is 10.1. The van der Waals surface area contributed by atoms with Crippen LogP contribution in [-0.4, -0.2) is 89.5 Å². The van der Waals surface area contributed by atoms with Gasteiger partial charge in [-0.3, -0.25) is 24.1 Å². The lowest BCUT2D eigenvalue weighted by Gasteiger charge is -2.49. The van der Waals surface area contributed by atoms with Crippen LogP contribution in [0, 0.1) is 6.92 Å². The Bertz CT molecular complexity index is 1900. The molecule has 3 aromatic rings. The van der Waals surface area contributed by atoms with Crippen molar-refractivity contribution in [1.29, 1.82) is 0 Å². The maximum Gasteiger partial charge on any atom is 0.365 e. The number of oxime groups is 1. The van der Waals surface area contributed by atoms with Gasteiger partial charge in [-0.15, -0.1) is 22.0 Å². The summed E-state index contributed by atoms with van der Waals surface area (Å²) in [6, 6.07) is 1.92. The molecule has 0 bridgehead atoms. The van der Waals surface area contributed by atoms with Crippen LogP contribution in [0.1, 0.15) is 34.9 Å². The highest BCUT2D eigenvalue weighted by Crippen LogP contribution is 2.42. The highest BCUT2D eigenvalue weighted by Gasteiger charge is 2.54. The number of aliphatic carboxylic acids is 1. The number of carboxylic acid groups (broad SMARTS) is 1. The summed E-state index contributed by atoms with van der Waals surface area (Å²) in [6.45, 7) is 4.02. The second kappa shape index (κ2) is 14.2. The summed E-state index contributed by atoms with van der Waals surface area (Å²) < 4.78 is 15.6. The van der Waals surface area contributed by atoms with Crippen molar-refractivity contribution in [2.45, 2.75) is 36.5 Å². The van der Waals surface area contributed by atoms with Crippen molar-refractivity contribution in [3.63, 3.8) is 0 Å². The van der Waals surface area contributed by atoms with Gasteiger partial charge in [0.1, 0.15) is 34.1 Å². The number of aryl methyl sites for hydroxylation is 1. The van der Waals surface area contributed by atoms with E-state index in [2.05, 4.69) is 25.7 Å². The molecule has 2 aromatic heterocycles. The van der Waals surface area contributed by atoms with Crippen molar-refractivity contribution >= 4 is 82.3 Å². The monoisotopic (exact) mass is 717 g/mol. The minimum Gasteiger partial charge on any atom is -0.477 e. The van der Waals surface area contributed by atoms with Crippen LogP contribution in [0.4, 0.5) is 6.01 Å². The first-order valence-corrected chi connectivity index (χ1v) is 16.3. The van der Waals surface area contributed by atoms with E-state index < -0.39 is 52.8 Å². The number of β-lactam (4-membered cyclic amide) rings is 1. The molecule has 4 heterocycles. The second-order valence-electron chi connectivity index (χ2n) is 9.73. The zero-order valence-electron chi connectivity index (χ0n) is 24.9. The number of oxazole rings is 1. The van der Waals surface area contributed by atoms with Gasteiger partial charge >= 0.3 is 23.9 Å². The normalized spacial score (nSPS) is 17.3. The van der Waals surface area contributed by atoms with Gasteiger partial charge in [0.25, 0.3) is 17.8 Å². The van der Waals surface area contributed by atoms with E-state index in [0.717, 1.165) is 36.1 Å². The van der Waals surface area contributed by atoms with Gasteiger partial charge < -0.3 is 34.9 Å². The van der Waals surface area contributed by atoms with Crippen LogP contribution in [0.2, 0.25) is 0 Å².